The highest BCUT2D eigenvalue weighted by Crippen LogP contribution is 2.45. The monoisotopic (exact) mass is 509 g/mol. The van der Waals surface area contributed by atoms with Gasteiger partial charge >= 0.3 is 0 Å². The van der Waals surface area contributed by atoms with Crippen LogP contribution in [0, 0.1) is 6.92 Å². The van der Waals surface area contributed by atoms with Crippen molar-refractivity contribution in [1.29, 1.82) is 0 Å². The van der Waals surface area contributed by atoms with Crippen molar-refractivity contribution >= 4 is 33.4 Å². The summed E-state index contributed by atoms with van der Waals surface area (Å²) in [4.78, 5) is 33.0. The summed E-state index contributed by atoms with van der Waals surface area (Å²) >= 11 is 3.45. The third kappa shape index (κ3) is 4.18. The molecule has 0 saturated carbocycles. The fraction of sp³-hybridized carbons (Fsp3) is 0.240. The number of amides is 2. The van der Waals surface area contributed by atoms with Crippen LogP contribution in [-0.2, 0) is 4.79 Å². The lowest BCUT2D eigenvalue weighted by atomic mass is 9.79. The molecule has 4 rings (SSSR count). The van der Waals surface area contributed by atoms with E-state index < -0.39 is 12.0 Å². The van der Waals surface area contributed by atoms with Gasteiger partial charge in [0.1, 0.15) is 0 Å². The summed E-state index contributed by atoms with van der Waals surface area (Å²) in [5.41, 5.74) is 3.37. The number of pyridine rings is 1. The first-order valence-corrected chi connectivity index (χ1v) is 11.1. The molecule has 0 radical (unpaired) electrons. The number of halogens is 1. The molecule has 0 unspecified atom stereocenters. The van der Waals surface area contributed by atoms with Gasteiger partial charge < -0.3 is 19.7 Å². The predicted octanol–water partition coefficient (Wildman–Crippen LogP) is 4.72. The van der Waals surface area contributed by atoms with Crippen LogP contribution >= 0.6 is 15.9 Å². The van der Waals surface area contributed by atoms with Gasteiger partial charge in [0, 0.05) is 35.2 Å². The normalized spacial score (nSPS) is 17.4. The Morgan fingerprint density at radius 3 is 2.48 bits per heavy atom. The molecule has 3 aromatic rings. The molecule has 0 fully saturated rings. The summed E-state index contributed by atoms with van der Waals surface area (Å²) in [5, 5.41) is 3.06. The van der Waals surface area contributed by atoms with Crippen molar-refractivity contribution in [3.63, 3.8) is 0 Å². The second-order valence-electron chi connectivity index (χ2n) is 7.87. The van der Waals surface area contributed by atoms with Crippen molar-refractivity contribution in [2.75, 3.05) is 26.6 Å². The molecule has 33 heavy (non-hydrogen) atoms. The number of hydrogen-bond donors (Lipinski definition) is 1. The number of rotatable bonds is 5. The van der Waals surface area contributed by atoms with Crippen LogP contribution in [0.5, 0.6) is 11.5 Å². The number of likely N-dealkylation sites (N-methyl/N-ethyl adjacent to an activating group) is 1. The Morgan fingerprint density at radius 1 is 1.12 bits per heavy atom. The van der Waals surface area contributed by atoms with Gasteiger partial charge in [-0.3, -0.25) is 14.6 Å². The first-order chi connectivity index (χ1) is 15.8. The van der Waals surface area contributed by atoms with Crippen LogP contribution in [0.25, 0.3) is 0 Å². The van der Waals surface area contributed by atoms with Crippen LogP contribution in [0.3, 0.4) is 0 Å². The standard InChI is InChI=1S/C25H24BrN3O4/c1-14-10-16(26)7-8-19(14)28-24(30)22-17-11-20(32-3)21(33-4)12-18(17)25(31)29(2)23(22)15-6-5-9-27-13-15/h5-13,22-23H,1-4H3,(H,28,30)/t22-,23+/m0/s1. The van der Waals surface area contributed by atoms with Gasteiger partial charge in [-0.05, 0) is 60.0 Å². The number of anilines is 1. The highest BCUT2D eigenvalue weighted by Gasteiger charge is 2.43. The number of carbonyl (C=O) groups excluding carboxylic acids is 2. The Balaban J connectivity index is 1.88. The minimum atomic E-state index is -0.699. The fourth-order valence-corrected chi connectivity index (χ4v) is 4.75. The zero-order valence-corrected chi connectivity index (χ0v) is 20.3. The van der Waals surface area contributed by atoms with Crippen LogP contribution < -0.4 is 14.8 Å². The molecule has 1 aromatic heterocycles. The quantitative estimate of drug-likeness (QED) is 0.538. The Morgan fingerprint density at radius 2 is 1.85 bits per heavy atom. The average Bonchev–Trinajstić information content (AvgIpc) is 2.82. The van der Waals surface area contributed by atoms with Crippen molar-refractivity contribution in [1.82, 2.24) is 9.88 Å². The first-order valence-electron chi connectivity index (χ1n) is 10.4. The number of aryl methyl sites for hydroxylation is 1. The first kappa shape index (κ1) is 22.8. The van der Waals surface area contributed by atoms with Gasteiger partial charge in [0.2, 0.25) is 5.91 Å². The van der Waals surface area contributed by atoms with Gasteiger partial charge in [-0.15, -0.1) is 0 Å². The van der Waals surface area contributed by atoms with Crippen LogP contribution in [0.1, 0.15) is 39.0 Å². The van der Waals surface area contributed by atoms with E-state index in [1.54, 1.807) is 42.5 Å². The summed E-state index contributed by atoms with van der Waals surface area (Å²) in [6.07, 6.45) is 3.35. The SMILES string of the molecule is COc1cc2c(cc1OC)[C@H](C(=O)Nc1ccc(Br)cc1C)[C@@H](c1cccnc1)N(C)C2=O. The van der Waals surface area contributed by atoms with Gasteiger partial charge in [-0.1, -0.05) is 22.0 Å². The highest BCUT2D eigenvalue weighted by molar-refractivity contribution is 9.10. The van der Waals surface area contributed by atoms with Gasteiger partial charge in [-0.2, -0.15) is 0 Å². The van der Waals surface area contributed by atoms with Crippen molar-refractivity contribution < 1.29 is 19.1 Å². The molecule has 0 spiro atoms. The minimum Gasteiger partial charge on any atom is -0.493 e. The summed E-state index contributed by atoms with van der Waals surface area (Å²) < 4.78 is 11.8. The summed E-state index contributed by atoms with van der Waals surface area (Å²) in [5.74, 6) is -0.252. The van der Waals surface area contributed by atoms with E-state index in [1.165, 1.54) is 14.2 Å². The molecule has 1 aliphatic rings. The molecule has 170 valence electrons. The van der Waals surface area contributed by atoms with E-state index in [0.29, 0.717) is 28.3 Å². The topological polar surface area (TPSA) is 80.8 Å². The second-order valence-corrected chi connectivity index (χ2v) is 8.78. The zero-order valence-electron chi connectivity index (χ0n) is 18.8. The molecular formula is C25H24BrN3O4. The number of benzene rings is 2. The molecule has 0 bridgehead atoms. The average molecular weight is 510 g/mol. The second kappa shape index (κ2) is 9.23. The number of carbonyl (C=O) groups is 2. The van der Waals surface area contributed by atoms with E-state index in [0.717, 1.165) is 15.6 Å². The number of hydrogen-bond acceptors (Lipinski definition) is 5. The maximum Gasteiger partial charge on any atom is 0.254 e. The van der Waals surface area contributed by atoms with Crippen LogP contribution in [0.2, 0.25) is 0 Å². The Labute approximate surface area is 200 Å². The lowest BCUT2D eigenvalue weighted by molar-refractivity contribution is -0.119. The van der Waals surface area contributed by atoms with Crippen LogP contribution in [0.15, 0.2) is 59.3 Å². The molecule has 2 amide bonds. The maximum absolute atomic E-state index is 13.8. The van der Waals surface area contributed by atoms with E-state index >= 15 is 0 Å². The van der Waals surface area contributed by atoms with Gasteiger partial charge in [-0.25, -0.2) is 0 Å². The Bertz CT molecular complexity index is 1220. The van der Waals surface area contributed by atoms with Crippen LogP contribution in [-0.4, -0.2) is 43.0 Å². The molecule has 7 nitrogen and oxygen atoms in total. The number of methoxy groups -OCH3 is 2. The third-order valence-corrected chi connectivity index (χ3v) is 6.42. The Hall–Kier alpha value is -3.39. The molecular weight excluding hydrogens is 486 g/mol. The van der Waals surface area contributed by atoms with Crippen molar-refractivity contribution in [2.45, 2.75) is 18.9 Å². The smallest absolute Gasteiger partial charge is 0.254 e. The van der Waals surface area contributed by atoms with Crippen molar-refractivity contribution in [2.24, 2.45) is 0 Å². The number of nitrogens with zero attached hydrogens (tertiary/aromatic N) is 2. The largest absolute Gasteiger partial charge is 0.493 e. The fourth-order valence-electron chi connectivity index (χ4n) is 4.28. The van der Waals surface area contributed by atoms with Gasteiger partial charge in [0.05, 0.1) is 26.2 Å². The third-order valence-electron chi connectivity index (χ3n) is 5.93. The van der Waals surface area contributed by atoms with Gasteiger partial charge in [0.25, 0.3) is 5.91 Å². The summed E-state index contributed by atoms with van der Waals surface area (Å²) in [7, 11) is 4.74. The number of aromatic nitrogens is 1. The highest BCUT2D eigenvalue weighted by atomic mass is 79.9. The molecule has 2 atom stereocenters. The zero-order chi connectivity index (χ0) is 23.7. The predicted molar refractivity (Wildman–Crippen MR) is 129 cm³/mol. The van der Waals surface area contributed by atoms with E-state index in [9.17, 15) is 9.59 Å². The van der Waals surface area contributed by atoms with E-state index in [4.69, 9.17) is 9.47 Å². The molecule has 2 heterocycles. The summed E-state index contributed by atoms with van der Waals surface area (Å²) in [6.45, 7) is 1.93. The van der Waals surface area contributed by atoms with Crippen LogP contribution in [0.4, 0.5) is 5.69 Å². The van der Waals surface area contributed by atoms with E-state index in [1.807, 2.05) is 31.2 Å². The maximum atomic E-state index is 13.8. The lowest BCUT2D eigenvalue weighted by Crippen LogP contribution is -2.44. The lowest BCUT2D eigenvalue weighted by Gasteiger charge is -2.40. The number of ether oxygens (including phenoxy) is 2. The molecule has 0 saturated heterocycles. The molecule has 1 N–H and O–H groups in total. The van der Waals surface area contributed by atoms with E-state index in [-0.39, 0.29) is 11.8 Å². The van der Waals surface area contributed by atoms with Crippen molar-refractivity contribution in [3.05, 3.63) is 81.6 Å². The number of fused-ring (bicyclic) bond motifs is 1. The molecule has 0 aliphatic carbocycles. The summed E-state index contributed by atoms with van der Waals surface area (Å²) in [6, 6.07) is 12.1. The molecule has 2 aromatic carbocycles. The van der Waals surface area contributed by atoms with Crippen molar-refractivity contribution in [3.8, 4) is 11.5 Å². The minimum absolute atomic E-state index is 0.205. The Kier molecular flexibility index (Phi) is 6.37. The number of nitrogens with one attached hydrogen (secondary N) is 1. The van der Waals surface area contributed by atoms with Gasteiger partial charge in [0.15, 0.2) is 11.5 Å². The molecule has 8 heteroatoms. The van der Waals surface area contributed by atoms with E-state index in [2.05, 4.69) is 26.2 Å². The molecule has 1 aliphatic heterocycles.